The number of aliphatic carboxylic acids is 2. The number of rotatable bonds is 12. The molecule has 2 atom stereocenters. The zero-order valence-corrected chi connectivity index (χ0v) is 13.3. The highest BCUT2D eigenvalue weighted by molar-refractivity contribution is 8.76. The minimum atomic E-state index is -1.16. The SMILES string of the molecule is NC(CSSCC(N)C(=O)NCC(=O)O)C(=O)CCC(=O)O. The van der Waals surface area contributed by atoms with Crippen LogP contribution in [0.1, 0.15) is 12.8 Å². The molecule has 0 aromatic carbocycles. The van der Waals surface area contributed by atoms with Gasteiger partial charge in [0.25, 0.3) is 0 Å². The topological polar surface area (TPSA) is 173 Å². The van der Waals surface area contributed by atoms with Crippen LogP contribution in [0.5, 0.6) is 0 Å². The van der Waals surface area contributed by atoms with Crippen molar-refractivity contribution in [2.45, 2.75) is 24.9 Å². The smallest absolute Gasteiger partial charge is 0.322 e. The van der Waals surface area contributed by atoms with Gasteiger partial charge in [-0.15, -0.1) is 0 Å². The molecule has 0 saturated carbocycles. The van der Waals surface area contributed by atoms with Crippen molar-refractivity contribution in [1.29, 1.82) is 0 Å². The Kier molecular flexibility index (Phi) is 10.6. The predicted molar refractivity (Wildman–Crippen MR) is 83.4 cm³/mol. The molecule has 0 aromatic rings. The largest absolute Gasteiger partial charge is 0.481 e. The van der Waals surface area contributed by atoms with Crippen molar-refractivity contribution in [2.75, 3.05) is 18.1 Å². The lowest BCUT2D eigenvalue weighted by Crippen LogP contribution is -2.44. The average molecular weight is 353 g/mol. The Morgan fingerprint density at radius 3 is 1.95 bits per heavy atom. The maximum Gasteiger partial charge on any atom is 0.322 e. The van der Waals surface area contributed by atoms with E-state index in [1.165, 1.54) is 21.6 Å². The van der Waals surface area contributed by atoms with E-state index in [1.54, 1.807) is 0 Å². The number of hydrogen-bond donors (Lipinski definition) is 5. The summed E-state index contributed by atoms with van der Waals surface area (Å²) in [5, 5.41) is 19.0. The van der Waals surface area contributed by atoms with Crippen molar-refractivity contribution in [3.8, 4) is 0 Å². The van der Waals surface area contributed by atoms with Crippen LogP contribution in [0.25, 0.3) is 0 Å². The Morgan fingerprint density at radius 1 is 0.909 bits per heavy atom. The summed E-state index contributed by atoms with van der Waals surface area (Å²) in [7, 11) is 2.47. The van der Waals surface area contributed by atoms with E-state index in [4.69, 9.17) is 21.7 Å². The van der Waals surface area contributed by atoms with Gasteiger partial charge in [0.15, 0.2) is 5.78 Å². The van der Waals surface area contributed by atoms with Crippen molar-refractivity contribution < 1.29 is 29.4 Å². The number of amides is 1. The quantitative estimate of drug-likeness (QED) is 0.209. The summed E-state index contributed by atoms with van der Waals surface area (Å²) < 4.78 is 0. The molecule has 0 spiro atoms. The molecular formula is C11H19N3O6S2. The number of nitrogens with one attached hydrogen (secondary N) is 1. The van der Waals surface area contributed by atoms with Crippen molar-refractivity contribution in [2.24, 2.45) is 11.5 Å². The first-order chi connectivity index (χ1) is 10.2. The van der Waals surface area contributed by atoms with E-state index >= 15 is 0 Å². The van der Waals surface area contributed by atoms with Crippen LogP contribution in [-0.4, -0.2) is 64.0 Å². The van der Waals surface area contributed by atoms with Gasteiger partial charge in [-0.05, 0) is 0 Å². The number of ketones is 1. The third-order valence-electron chi connectivity index (χ3n) is 2.33. The highest BCUT2D eigenvalue weighted by Crippen LogP contribution is 2.22. The normalized spacial score (nSPS) is 13.2. The van der Waals surface area contributed by atoms with Crippen molar-refractivity contribution >= 4 is 45.2 Å². The number of Topliss-reactive ketones (excluding diaryl/α,β-unsaturated/α-hetero) is 1. The van der Waals surface area contributed by atoms with Gasteiger partial charge in [0.2, 0.25) is 5.91 Å². The molecule has 0 bridgehead atoms. The molecule has 9 nitrogen and oxygen atoms in total. The molecule has 0 saturated heterocycles. The third-order valence-corrected chi connectivity index (χ3v) is 4.80. The van der Waals surface area contributed by atoms with Crippen LogP contribution >= 0.6 is 21.6 Å². The zero-order valence-electron chi connectivity index (χ0n) is 11.7. The van der Waals surface area contributed by atoms with Crippen LogP contribution in [0, 0.1) is 0 Å². The van der Waals surface area contributed by atoms with Crippen molar-refractivity contribution in [3.63, 3.8) is 0 Å². The van der Waals surface area contributed by atoms with Crippen LogP contribution in [0.15, 0.2) is 0 Å². The maximum absolute atomic E-state index is 11.5. The summed E-state index contributed by atoms with van der Waals surface area (Å²) in [5.74, 6) is -2.62. The second-order valence-corrected chi connectivity index (χ2v) is 6.81. The molecule has 0 aliphatic heterocycles. The van der Waals surface area contributed by atoms with Crippen LogP contribution in [0.2, 0.25) is 0 Å². The Morgan fingerprint density at radius 2 is 1.45 bits per heavy atom. The average Bonchev–Trinajstić information content (AvgIpc) is 2.45. The molecule has 7 N–H and O–H groups in total. The number of nitrogens with two attached hydrogens (primary N) is 2. The standard InChI is InChI=1S/C11H19N3O6S2/c12-6(8(15)1-2-9(16)17)4-21-22-5-7(13)11(20)14-3-10(18)19/h6-7H,1-5,12-13H2,(H,14,20)(H,16,17)(H,18,19). The molecule has 0 aromatic heterocycles. The molecule has 11 heteroatoms. The molecule has 1 amide bonds. The van der Waals surface area contributed by atoms with Crippen LogP contribution < -0.4 is 16.8 Å². The summed E-state index contributed by atoms with van der Waals surface area (Å²) >= 11 is 0. The van der Waals surface area contributed by atoms with E-state index in [0.717, 1.165) is 0 Å². The third kappa shape index (κ3) is 10.4. The monoisotopic (exact) mass is 353 g/mol. The molecule has 0 rings (SSSR count). The van der Waals surface area contributed by atoms with Gasteiger partial charge in [0.05, 0.1) is 18.5 Å². The van der Waals surface area contributed by atoms with Crippen LogP contribution in [0.3, 0.4) is 0 Å². The molecule has 0 radical (unpaired) electrons. The zero-order chi connectivity index (χ0) is 17.1. The van der Waals surface area contributed by atoms with Gasteiger partial charge in [0.1, 0.15) is 6.54 Å². The van der Waals surface area contributed by atoms with E-state index in [0.29, 0.717) is 0 Å². The Labute approximate surface area is 134 Å². The summed E-state index contributed by atoms with van der Waals surface area (Å²) in [5.41, 5.74) is 11.2. The highest BCUT2D eigenvalue weighted by Gasteiger charge is 2.17. The lowest BCUT2D eigenvalue weighted by atomic mass is 10.1. The van der Waals surface area contributed by atoms with Gasteiger partial charge in [0, 0.05) is 17.9 Å². The van der Waals surface area contributed by atoms with Crippen molar-refractivity contribution in [1.82, 2.24) is 5.32 Å². The molecule has 0 aliphatic carbocycles. The van der Waals surface area contributed by atoms with Gasteiger partial charge in [-0.25, -0.2) is 0 Å². The van der Waals surface area contributed by atoms with Gasteiger partial charge in [-0.2, -0.15) is 0 Å². The Balaban J connectivity index is 3.82. The van der Waals surface area contributed by atoms with Crippen molar-refractivity contribution in [3.05, 3.63) is 0 Å². The molecule has 126 valence electrons. The predicted octanol–water partition coefficient (Wildman–Crippen LogP) is -1.34. The van der Waals surface area contributed by atoms with E-state index in [9.17, 15) is 19.2 Å². The van der Waals surface area contributed by atoms with Gasteiger partial charge in [-0.3, -0.25) is 19.2 Å². The maximum atomic E-state index is 11.5. The fourth-order valence-electron chi connectivity index (χ4n) is 1.12. The highest BCUT2D eigenvalue weighted by atomic mass is 33.1. The molecule has 0 aliphatic rings. The van der Waals surface area contributed by atoms with Crippen LogP contribution in [0.4, 0.5) is 0 Å². The Hall–Kier alpha value is -1.30. The summed E-state index contributed by atoms with van der Waals surface area (Å²) in [6.45, 7) is -0.493. The van der Waals surface area contributed by atoms with E-state index in [2.05, 4.69) is 5.32 Å². The first-order valence-corrected chi connectivity index (χ1v) is 8.72. The fraction of sp³-hybridized carbons (Fsp3) is 0.636. The lowest BCUT2D eigenvalue weighted by molar-refractivity contribution is -0.138. The number of carbonyl (C=O) groups excluding carboxylic acids is 2. The molecule has 0 fully saturated rings. The second kappa shape index (κ2) is 11.3. The first-order valence-electron chi connectivity index (χ1n) is 6.23. The minimum Gasteiger partial charge on any atom is -0.481 e. The number of carbonyl (C=O) groups is 4. The number of hydrogen-bond acceptors (Lipinski definition) is 8. The van der Waals surface area contributed by atoms with Gasteiger partial charge >= 0.3 is 11.9 Å². The second-order valence-electron chi connectivity index (χ2n) is 4.25. The Bertz CT molecular complexity index is 383. The number of carboxylic acid groups (broad SMARTS) is 2. The minimum absolute atomic E-state index is 0.112. The van der Waals surface area contributed by atoms with Crippen LogP contribution in [-0.2, 0) is 19.2 Å². The van der Waals surface area contributed by atoms with Gasteiger partial charge in [-0.1, -0.05) is 21.6 Å². The molecule has 0 heterocycles. The number of carboxylic acids is 2. The first kappa shape index (κ1) is 20.7. The lowest BCUT2D eigenvalue weighted by Gasteiger charge is -2.12. The van der Waals surface area contributed by atoms with Gasteiger partial charge < -0.3 is 27.0 Å². The van der Waals surface area contributed by atoms with E-state index < -0.39 is 36.5 Å². The molecule has 2 unspecified atom stereocenters. The fourth-order valence-corrected chi connectivity index (χ4v) is 3.40. The van der Waals surface area contributed by atoms with E-state index in [1.807, 2.05) is 0 Å². The summed E-state index contributed by atoms with van der Waals surface area (Å²) in [6.07, 6.45) is -0.363. The molecular weight excluding hydrogens is 334 g/mol. The molecule has 22 heavy (non-hydrogen) atoms. The van der Waals surface area contributed by atoms with E-state index in [-0.39, 0.29) is 30.1 Å². The summed E-state index contributed by atoms with van der Waals surface area (Å²) in [4.78, 5) is 43.5. The summed E-state index contributed by atoms with van der Waals surface area (Å²) in [6, 6.07) is -1.63.